The molecule has 7 heteroatoms. The summed E-state index contributed by atoms with van der Waals surface area (Å²) in [4.78, 5) is 24.9. The first-order chi connectivity index (χ1) is 10.3. The summed E-state index contributed by atoms with van der Waals surface area (Å²) in [6, 6.07) is 6.50. The molecule has 0 aliphatic carbocycles. The summed E-state index contributed by atoms with van der Waals surface area (Å²) in [5.74, 6) is -1.22. The Bertz CT molecular complexity index is 707. The number of aromatic nitrogens is 2. The highest BCUT2D eigenvalue weighted by Crippen LogP contribution is 2.31. The first kappa shape index (κ1) is 16.0. The monoisotopic (exact) mass is 321 g/mol. The van der Waals surface area contributed by atoms with E-state index in [0.717, 1.165) is 0 Å². The van der Waals surface area contributed by atoms with Crippen molar-refractivity contribution in [3.63, 3.8) is 0 Å². The third-order valence-corrected chi connectivity index (χ3v) is 3.35. The number of rotatable bonds is 4. The zero-order valence-electron chi connectivity index (χ0n) is 12.4. The maximum Gasteiger partial charge on any atom is 0.341 e. The van der Waals surface area contributed by atoms with Gasteiger partial charge in [-0.25, -0.2) is 9.48 Å². The molecule has 0 atom stereocenters. The molecular formula is C15H16ClN3O3. The van der Waals surface area contributed by atoms with E-state index in [-0.39, 0.29) is 23.3 Å². The van der Waals surface area contributed by atoms with E-state index in [1.54, 1.807) is 24.3 Å². The zero-order valence-corrected chi connectivity index (χ0v) is 13.2. The fourth-order valence-electron chi connectivity index (χ4n) is 2.15. The molecular weight excluding hydrogens is 306 g/mol. The van der Waals surface area contributed by atoms with Crippen LogP contribution in [0.2, 0.25) is 5.02 Å². The molecule has 0 fully saturated rings. The lowest BCUT2D eigenvalue weighted by Crippen LogP contribution is -2.27. The van der Waals surface area contributed by atoms with Crippen molar-refractivity contribution in [1.82, 2.24) is 9.78 Å². The molecule has 0 aliphatic rings. The third-order valence-electron chi connectivity index (χ3n) is 3.10. The fraction of sp³-hybridized carbons (Fsp3) is 0.267. The number of carbonyl (C=O) groups excluding carboxylic acids is 1. The molecule has 0 spiro atoms. The number of halogens is 1. The first-order valence-corrected chi connectivity index (χ1v) is 7.07. The number of carbonyl (C=O) groups is 2. The maximum absolute atomic E-state index is 12.1. The summed E-state index contributed by atoms with van der Waals surface area (Å²) in [5, 5.41) is 14.0. The van der Waals surface area contributed by atoms with E-state index in [4.69, 9.17) is 11.6 Å². The summed E-state index contributed by atoms with van der Waals surface area (Å²) in [5.41, 5.74) is 0.501. The van der Waals surface area contributed by atoms with Crippen LogP contribution in [0.15, 0.2) is 30.5 Å². The zero-order chi connectivity index (χ0) is 16.4. The van der Waals surface area contributed by atoms with Crippen molar-refractivity contribution in [1.29, 1.82) is 0 Å². The second kappa shape index (κ2) is 6.19. The quantitative estimate of drug-likeness (QED) is 0.935. The Labute approximate surface area is 132 Å². The summed E-state index contributed by atoms with van der Waals surface area (Å²) in [6.45, 7) is 5.10. The van der Waals surface area contributed by atoms with Gasteiger partial charge in [0.2, 0.25) is 5.91 Å². The highest BCUT2D eigenvalue weighted by Gasteiger charge is 2.27. The molecule has 2 rings (SSSR count). The summed E-state index contributed by atoms with van der Waals surface area (Å²) < 4.78 is 1.51. The number of carboxylic acid groups (broad SMARTS) is 1. The number of anilines is 2. The van der Waals surface area contributed by atoms with Crippen molar-refractivity contribution in [2.75, 3.05) is 4.90 Å². The van der Waals surface area contributed by atoms with Gasteiger partial charge in [0, 0.05) is 18.0 Å². The van der Waals surface area contributed by atoms with E-state index in [2.05, 4.69) is 5.10 Å². The molecule has 1 aromatic heterocycles. The highest BCUT2D eigenvalue weighted by atomic mass is 35.5. The van der Waals surface area contributed by atoms with Gasteiger partial charge in [-0.3, -0.25) is 9.69 Å². The topological polar surface area (TPSA) is 75.4 Å². The molecule has 0 bridgehead atoms. The Morgan fingerprint density at radius 1 is 1.27 bits per heavy atom. The van der Waals surface area contributed by atoms with Gasteiger partial charge in [-0.05, 0) is 38.1 Å². The van der Waals surface area contributed by atoms with Gasteiger partial charge in [0.05, 0.1) is 11.9 Å². The normalized spacial score (nSPS) is 10.8. The molecule has 0 radical (unpaired) electrons. The van der Waals surface area contributed by atoms with Gasteiger partial charge in [0.1, 0.15) is 5.56 Å². The van der Waals surface area contributed by atoms with Gasteiger partial charge in [0.15, 0.2) is 5.82 Å². The van der Waals surface area contributed by atoms with Gasteiger partial charge in [-0.2, -0.15) is 5.10 Å². The average molecular weight is 322 g/mol. The minimum absolute atomic E-state index is 0.0288. The van der Waals surface area contributed by atoms with Gasteiger partial charge in [-0.15, -0.1) is 0 Å². The minimum atomic E-state index is -1.14. The van der Waals surface area contributed by atoms with Crippen LogP contribution in [0.25, 0.3) is 0 Å². The lowest BCUT2D eigenvalue weighted by molar-refractivity contribution is -0.115. The van der Waals surface area contributed by atoms with Gasteiger partial charge in [0.25, 0.3) is 0 Å². The van der Waals surface area contributed by atoms with E-state index in [0.29, 0.717) is 10.7 Å². The number of carboxylic acids is 1. The van der Waals surface area contributed by atoms with Crippen molar-refractivity contribution in [3.05, 3.63) is 41.0 Å². The van der Waals surface area contributed by atoms with Crippen LogP contribution >= 0.6 is 11.6 Å². The lowest BCUT2D eigenvalue weighted by Gasteiger charge is -2.24. The molecule has 1 amide bonds. The summed E-state index contributed by atoms with van der Waals surface area (Å²) >= 11 is 5.87. The first-order valence-electron chi connectivity index (χ1n) is 6.70. The van der Waals surface area contributed by atoms with Crippen LogP contribution < -0.4 is 4.90 Å². The van der Waals surface area contributed by atoms with Crippen LogP contribution in [-0.4, -0.2) is 26.8 Å². The predicted molar refractivity (Wildman–Crippen MR) is 83.8 cm³/mol. The van der Waals surface area contributed by atoms with E-state index in [1.807, 2.05) is 13.8 Å². The number of nitrogens with zero attached hydrogens (tertiary/aromatic N) is 3. The molecule has 1 aromatic carbocycles. The predicted octanol–water partition coefficient (Wildman–Crippen LogP) is 3.50. The Morgan fingerprint density at radius 2 is 1.86 bits per heavy atom. The fourth-order valence-corrected chi connectivity index (χ4v) is 2.28. The Hall–Kier alpha value is -2.34. The van der Waals surface area contributed by atoms with E-state index >= 15 is 0 Å². The second-order valence-corrected chi connectivity index (χ2v) is 5.49. The smallest absolute Gasteiger partial charge is 0.341 e. The Kier molecular flexibility index (Phi) is 4.51. The number of benzene rings is 1. The van der Waals surface area contributed by atoms with Gasteiger partial charge in [-0.1, -0.05) is 11.6 Å². The summed E-state index contributed by atoms with van der Waals surface area (Å²) in [7, 11) is 0. The van der Waals surface area contributed by atoms with Crippen LogP contribution in [0.5, 0.6) is 0 Å². The molecule has 2 aromatic rings. The largest absolute Gasteiger partial charge is 0.477 e. The molecule has 0 saturated heterocycles. The van der Waals surface area contributed by atoms with Crippen LogP contribution in [0.4, 0.5) is 11.5 Å². The van der Waals surface area contributed by atoms with Crippen LogP contribution in [0, 0.1) is 0 Å². The molecule has 22 heavy (non-hydrogen) atoms. The molecule has 1 N–H and O–H groups in total. The average Bonchev–Trinajstić information content (AvgIpc) is 2.85. The van der Waals surface area contributed by atoms with Crippen LogP contribution in [-0.2, 0) is 4.79 Å². The van der Waals surface area contributed by atoms with Crippen molar-refractivity contribution >= 4 is 35.0 Å². The molecule has 1 heterocycles. The van der Waals surface area contributed by atoms with Gasteiger partial charge < -0.3 is 5.11 Å². The third kappa shape index (κ3) is 2.96. The highest BCUT2D eigenvalue weighted by molar-refractivity contribution is 6.30. The Balaban J connectivity index is 2.67. The molecule has 0 saturated carbocycles. The minimum Gasteiger partial charge on any atom is -0.477 e. The van der Waals surface area contributed by atoms with E-state index in [1.165, 1.54) is 22.7 Å². The number of hydrogen-bond donors (Lipinski definition) is 1. The number of amides is 1. The number of aromatic carboxylic acids is 1. The van der Waals surface area contributed by atoms with Crippen LogP contribution in [0.3, 0.4) is 0 Å². The molecule has 6 nitrogen and oxygen atoms in total. The van der Waals surface area contributed by atoms with E-state index < -0.39 is 5.97 Å². The molecule has 116 valence electrons. The lowest BCUT2D eigenvalue weighted by atomic mass is 10.2. The van der Waals surface area contributed by atoms with Crippen molar-refractivity contribution in [2.24, 2.45) is 0 Å². The van der Waals surface area contributed by atoms with Crippen LogP contribution in [0.1, 0.15) is 37.2 Å². The van der Waals surface area contributed by atoms with E-state index in [9.17, 15) is 14.7 Å². The number of hydrogen-bond acceptors (Lipinski definition) is 3. The second-order valence-electron chi connectivity index (χ2n) is 5.06. The maximum atomic E-state index is 12.1. The standard InChI is InChI=1S/C15H16ClN3O3/c1-9(2)19-14(13(8-17-19)15(21)22)18(10(3)20)12-6-4-11(16)5-7-12/h4-9H,1-3H3,(H,21,22). The molecule has 0 aliphatic heterocycles. The van der Waals surface area contributed by atoms with Crippen molar-refractivity contribution in [3.8, 4) is 0 Å². The molecule has 0 unspecified atom stereocenters. The Morgan fingerprint density at radius 3 is 2.32 bits per heavy atom. The summed E-state index contributed by atoms with van der Waals surface area (Å²) in [6.07, 6.45) is 1.25. The SMILES string of the molecule is CC(=O)N(c1ccc(Cl)cc1)c1c(C(=O)O)cnn1C(C)C. The van der Waals surface area contributed by atoms with Gasteiger partial charge >= 0.3 is 5.97 Å². The van der Waals surface area contributed by atoms with Crippen molar-refractivity contribution < 1.29 is 14.7 Å². The van der Waals surface area contributed by atoms with Crippen molar-refractivity contribution in [2.45, 2.75) is 26.8 Å².